The number of aliphatic carboxylic acids is 1. The molecule has 0 radical (unpaired) electrons. The van der Waals surface area contributed by atoms with E-state index in [0.717, 1.165) is 6.42 Å². The highest BCUT2D eigenvalue weighted by molar-refractivity contribution is 5.94. The lowest BCUT2D eigenvalue weighted by molar-refractivity contribution is -0.137. The average Bonchev–Trinajstić information content (AvgIpc) is 2.35. The molecule has 0 bridgehead atoms. The van der Waals surface area contributed by atoms with Crippen molar-refractivity contribution >= 4 is 11.9 Å². The molecule has 2 N–H and O–H groups in total. The number of hydrogen-bond acceptors (Lipinski definition) is 2. The molecule has 0 saturated heterocycles. The van der Waals surface area contributed by atoms with Crippen molar-refractivity contribution in [1.82, 2.24) is 5.32 Å². The maximum atomic E-state index is 11.8. The molecule has 92 valence electrons. The van der Waals surface area contributed by atoms with Gasteiger partial charge in [0, 0.05) is 18.0 Å². The molecule has 4 nitrogen and oxygen atoms in total. The van der Waals surface area contributed by atoms with E-state index < -0.39 is 5.97 Å². The van der Waals surface area contributed by atoms with Crippen molar-refractivity contribution in [3.05, 3.63) is 35.9 Å². The van der Waals surface area contributed by atoms with Crippen LogP contribution in [0, 0.1) is 0 Å². The SMILES string of the molecule is CC[C@H](CCC(=O)O)NC(=O)c1ccccc1. The molecular weight excluding hydrogens is 218 g/mol. The Kier molecular flexibility index (Phi) is 5.20. The Morgan fingerprint density at radius 2 is 1.94 bits per heavy atom. The third-order valence-corrected chi connectivity index (χ3v) is 2.57. The highest BCUT2D eigenvalue weighted by Crippen LogP contribution is 2.05. The van der Waals surface area contributed by atoms with Gasteiger partial charge in [-0.2, -0.15) is 0 Å². The smallest absolute Gasteiger partial charge is 0.303 e. The Bertz CT molecular complexity index is 376. The fourth-order valence-electron chi connectivity index (χ4n) is 1.53. The van der Waals surface area contributed by atoms with Crippen LogP contribution in [0.15, 0.2) is 30.3 Å². The Balaban J connectivity index is 2.51. The van der Waals surface area contributed by atoms with Crippen LogP contribution in [0.4, 0.5) is 0 Å². The molecule has 0 spiro atoms. The van der Waals surface area contributed by atoms with Gasteiger partial charge in [0.25, 0.3) is 5.91 Å². The summed E-state index contributed by atoms with van der Waals surface area (Å²) in [4.78, 5) is 22.3. The molecule has 4 heteroatoms. The minimum atomic E-state index is -0.836. The summed E-state index contributed by atoms with van der Waals surface area (Å²) in [7, 11) is 0. The number of rotatable bonds is 6. The van der Waals surface area contributed by atoms with Crippen LogP contribution in [0.2, 0.25) is 0 Å². The summed E-state index contributed by atoms with van der Waals surface area (Å²) in [6, 6.07) is 8.83. The average molecular weight is 235 g/mol. The first kappa shape index (κ1) is 13.2. The molecule has 17 heavy (non-hydrogen) atoms. The molecule has 0 aliphatic rings. The topological polar surface area (TPSA) is 66.4 Å². The fraction of sp³-hybridized carbons (Fsp3) is 0.385. The second-order valence-electron chi connectivity index (χ2n) is 3.88. The summed E-state index contributed by atoms with van der Waals surface area (Å²) >= 11 is 0. The van der Waals surface area contributed by atoms with Gasteiger partial charge in [0.05, 0.1) is 0 Å². The number of carboxylic acids is 1. The van der Waals surface area contributed by atoms with Crippen molar-refractivity contribution < 1.29 is 14.7 Å². The van der Waals surface area contributed by atoms with Gasteiger partial charge in [-0.15, -0.1) is 0 Å². The van der Waals surface area contributed by atoms with Crippen LogP contribution in [0.25, 0.3) is 0 Å². The van der Waals surface area contributed by atoms with Gasteiger partial charge in [-0.05, 0) is 25.0 Å². The minimum absolute atomic E-state index is 0.0770. The first-order valence-electron chi connectivity index (χ1n) is 5.71. The normalized spacial score (nSPS) is 11.8. The van der Waals surface area contributed by atoms with Crippen LogP contribution >= 0.6 is 0 Å². The van der Waals surface area contributed by atoms with Crippen molar-refractivity contribution in [2.75, 3.05) is 0 Å². The number of hydrogen-bond donors (Lipinski definition) is 2. The Hall–Kier alpha value is -1.84. The molecular formula is C13H17NO3. The number of benzene rings is 1. The number of carbonyl (C=O) groups is 2. The predicted molar refractivity (Wildman–Crippen MR) is 64.9 cm³/mol. The van der Waals surface area contributed by atoms with E-state index >= 15 is 0 Å². The zero-order chi connectivity index (χ0) is 12.7. The Labute approximate surface area is 101 Å². The maximum Gasteiger partial charge on any atom is 0.303 e. The second-order valence-corrected chi connectivity index (χ2v) is 3.88. The molecule has 0 aromatic heterocycles. The highest BCUT2D eigenvalue weighted by atomic mass is 16.4. The monoisotopic (exact) mass is 235 g/mol. The summed E-state index contributed by atoms with van der Waals surface area (Å²) in [5, 5.41) is 11.4. The highest BCUT2D eigenvalue weighted by Gasteiger charge is 2.12. The van der Waals surface area contributed by atoms with Gasteiger partial charge in [0.1, 0.15) is 0 Å². The lowest BCUT2D eigenvalue weighted by Gasteiger charge is -2.15. The Morgan fingerprint density at radius 1 is 1.29 bits per heavy atom. The third-order valence-electron chi connectivity index (χ3n) is 2.57. The van der Waals surface area contributed by atoms with Gasteiger partial charge < -0.3 is 10.4 Å². The molecule has 0 unspecified atom stereocenters. The summed E-state index contributed by atoms with van der Waals surface area (Å²) in [5.41, 5.74) is 0.598. The van der Waals surface area contributed by atoms with E-state index in [4.69, 9.17) is 5.11 Å². The Morgan fingerprint density at radius 3 is 2.47 bits per heavy atom. The van der Waals surface area contributed by atoms with Crippen LogP contribution < -0.4 is 5.32 Å². The summed E-state index contributed by atoms with van der Waals surface area (Å²) in [5.74, 6) is -0.986. The lowest BCUT2D eigenvalue weighted by Crippen LogP contribution is -2.34. The van der Waals surface area contributed by atoms with Crippen LogP contribution in [0.1, 0.15) is 36.5 Å². The molecule has 1 aromatic rings. The number of amides is 1. The number of carbonyl (C=O) groups excluding carboxylic acids is 1. The van der Waals surface area contributed by atoms with E-state index in [1.165, 1.54) is 0 Å². The zero-order valence-electron chi connectivity index (χ0n) is 9.85. The number of carboxylic acid groups (broad SMARTS) is 1. The molecule has 1 amide bonds. The van der Waals surface area contributed by atoms with Gasteiger partial charge in [0.15, 0.2) is 0 Å². The van der Waals surface area contributed by atoms with E-state index in [0.29, 0.717) is 12.0 Å². The van der Waals surface area contributed by atoms with Crippen molar-refractivity contribution in [3.8, 4) is 0 Å². The van der Waals surface area contributed by atoms with E-state index in [1.54, 1.807) is 24.3 Å². The van der Waals surface area contributed by atoms with E-state index in [-0.39, 0.29) is 18.4 Å². The third kappa shape index (κ3) is 4.68. The quantitative estimate of drug-likeness (QED) is 0.793. The van der Waals surface area contributed by atoms with Crippen molar-refractivity contribution in [1.29, 1.82) is 0 Å². The van der Waals surface area contributed by atoms with Crippen LogP contribution in [-0.2, 0) is 4.79 Å². The molecule has 1 rings (SSSR count). The molecule has 1 aromatic carbocycles. The first-order valence-corrected chi connectivity index (χ1v) is 5.71. The second kappa shape index (κ2) is 6.68. The van der Waals surface area contributed by atoms with E-state index in [1.807, 2.05) is 13.0 Å². The van der Waals surface area contributed by atoms with Crippen molar-refractivity contribution in [3.63, 3.8) is 0 Å². The van der Waals surface area contributed by atoms with E-state index in [9.17, 15) is 9.59 Å². The number of nitrogens with one attached hydrogen (secondary N) is 1. The van der Waals surface area contributed by atoms with Crippen molar-refractivity contribution in [2.45, 2.75) is 32.2 Å². The molecule has 0 saturated carbocycles. The first-order chi connectivity index (χ1) is 8.13. The molecule has 1 atom stereocenters. The minimum Gasteiger partial charge on any atom is -0.481 e. The fourth-order valence-corrected chi connectivity index (χ4v) is 1.53. The van der Waals surface area contributed by atoms with E-state index in [2.05, 4.69) is 5.32 Å². The summed E-state index contributed by atoms with van der Waals surface area (Å²) in [6.07, 6.45) is 1.27. The largest absolute Gasteiger partial charge is 0.481 e. The van der Waals surface area contributed by atoms with Crippen LogP contribution in [0.5, 0.6) is 0 Å². The van der Waals surface area contributed by atoms with Crippen LogP contribution in [0.3, 0.4) is 0 Å². The van der Waals surface area contributed by atoms with Gasteiger partial charge in [0.2, 0.25) is 0 Å². The van der Waals surface area contributed by atoms with Crippen molar-refractivity contribution in [2.24, 2.45) is 0 Å². The molecule has 0 aliphatic heterocycles. The maximum absolute atomic E-state index is 11.8. The van der Waals surface area contributed by atoms with Crippen LogP contribution in [-0.4, -0.2) is 23.0 Å². The van der Waals surface area contributed by atoms with Gasteiger partial charge in [-0.25, -0.2) is 0 Å². The molecule has 0 heterocycles. The standard InChI is InChI=1S/C13H17NO3/c1-2-11(8-9-12(15)16)14-13(17)10-6-4-3-5-7-10/h3-7,11H,2,8-9H2,1H3,(H,14,17)(H,15,16)/t11-/m1/s1. The van der Waals surface area contributed by atoms with Gasteiger partial charge >= 0.3 is 5.97 Å². The predicted octanol–water partition coefficient (Wildman–Crippen LogP) is 2.06. The summed E-state index contributed by atoms with van der Waals surface area (Å²) < 4.78 is 0. The summed E-state index contributed by atoms with van der Waals surface area (Å²) in [6.45, 7) is 1.93. The molecule has 0 fully saturated rings. The molecule has 0 aliphatic carbocycles. The lowest BCUT2D eigenvalue weighted by atomic mass is 10.1. The van der Waals surface area contributed by atoms with Gasteiger partial charge in [-0.3, -0.25) is 9.59 Å². The van der Waals surface area contributed by atoms with Gasteiger partial charge in [-0.1, -0.05) is 25.1 Å². The zero-order valence-corrected chi connectivity index (χ0v) is 9.85.